The molecule has 32 heavy (non-hydrogen) atoms. The number of likely N-dealkylation sites (N-methyl/N-ethyl adjacent to an activating group) is 1. The molecule has 0 saturated heterocycles. The number of nitrogens with two attached hydrogens (primary N) is 1. The second-order valence-corrected chi connectivity index (χ2v) is 6.41. The Morgan fingerprint density at radius 2 is 1.72 bits per heavy atom. The number of nitrogens with one attached hydrogen (secondary N) is 1. The molecule has 168 valence electrons. The molecule has 7 nitrogen and oxygen atoms in total. The summed E-state index contributed by atoms with van der Waals surface area (Å²) in [6.45, 7) is 0. The Bertz CT molecular complexity index is 1130. The van der Waals surface area contributed by atoms with Crippen LogP contribution < -0.4 is 15.9 Å². The Hall–Kier alpha value is -4.08. The lowest BCUT2D eigenvalue weighted by Gasteiger charge is -2.11. The number of benzene rings is 3. The van der Waals surface area contributed by atoms with E-state index in [4.69, 9.17) is 20.5 Å². The maximum absolute atomic E-state index is 11.7. The van der Waals surface area contributed by atoms with Crippen molar-refractivity contribution in [2.24, 2.45) is 10.9 Å². The van der Waals surface area contributed by atoms with Gasteiger partial charge in [0.25, 0.3) is 0 Å². The van der Waals surface area contributed by atoms with E-state index >= 15 is 0 Å². The number of aliphatic carboxylic acids is 1. The highest BCUT2D eigenvalue weighted by atomic mass is 19.4. The number of hydrogen-bond acceptors (Lipinski definition) is 5. The van der Waals surface area contributed by atoms with Gasteiger partial charge in [0.05, 0.1) is 12.6 Å². The average Bonchev–Trinajstić information content (AvgIpc) is 2.75. The Balaban J connectivity index is 0.000000451. The van der Waals surface area contributed by atoms with E-state index in [2.05, 4.69) is 10.4 Å². The zero-order chi connectivity index (χ0) is 23.7. The first-order chi connectivity index (χ1) is 15.1. The molecule has 0 aliphatic rings. The largest absolute Gasteiger partial charge is 0.490 e. The SMILES string of the molecule is CNC(=O)Cc1ccccc1Oc1ccc2cc(C=NN)ccc2c1.O=C(O)C(F)(F)F. The molecule has 3 aromatic carbocycles. The van der Waals surface area contributed by atoms with E-state index in [1.54, 1.807) is 13.3 Å². The van der Waals surface area contributed by atoms with Crippen LogP contribution in [0, 0.1) is 0 Å². The predicted octanol–water partition coefficient (Wildman–Crippen LogP) is 3.85. The van der Waals surface area contributed by atoms with Crippen molar-refractivity contribution in [2.75, 3.05) is 7.05 Å². The highest BCUT2D eigenvalue weighted by Crippen LogP contribution is 2.28. The fourth-order valence-corrected chi connectivity index (χ4v) is 2.61. The van der Waals surface area contributed by atoms with Crippen LogP contribution >= 0.6 is 0 Å². The van der Waals surface area contributed by atoms with Crippen LogP contribution in [0.4, 0.5) is 13.2 Å². The minimum absolute atomic E-state index is 0.0522. The molecule has 0 aliphatic carbocycles. The summed E-state index contributed by atoms with van der Waals surface area (Å²) in [5.41, 5.74) is 1.79. The molecular weight excluding hydrogens is 427 g/mol. The normalized spacial score (nSPS) is 11.0. The predicted molar refractivity (Wildman–Crippen MR) is 114 cm³/mol. The van der Waals surface area contributed by atoms with Gasteiger partial charge in [-0.05, 0) is 40.6 Å². The van der Waals surface area contributed by atoms with Crippen LogP contribution in [0.1, 0.15) is 11.1 Å². The molecule has 3 aromatic rings. The molecule has 3 rings (SSSR count). The summed E-state index contributed by atoms with van der Waals surface area (Å²) in [6.07, 6.45) is -3.19. The minimum atomic E-state index is -5.08. The van der Waals surface area contributed by atoms with Gasteiger partial charge in [0.15, 0.2) is 0 Å². The lowest BCUT2D eigenvalue weighted by Crippen LogP contribution is -2.21. The first kappa shape index (κ1) is 24.2. The van der Waals surface area contributed by atoms with E-state index in [0.29, 0.717) is 5.75 Å². The van der Waals surface area contributed by atoms with Gasteiger partial charge >= 0.3 is 12.1 Å². The van der Waals surface area contributed by atoms with Gasteiger partial charge in [0, 0.05) is 12.6 Å². The zero-order valence-corrected chi connectivity index (χ0v) is 16.9. The van der Waals surface area contributed by atoms with Gasteiger partial charge in [-0.15, -0.1) is 0 Å². The highest BCUT2D eigenvalue weighted by molar-refractivity contribution is 5.91. The number of fused-ring (bicyclic) bond motifs is 1. The van der Waals surface area contributed by atoms with Gasteiger partial charge in [-0.25, -0.2) is 4.79 Å². The van der Waals surface area contributed by atoms with Crippen LogP contribution in [0.15, 0.2) is 65.8 Å². The van der Waals surface area contributed by atoms with Gasteiger partial charge < -0.3 is 21.0 Å². The van der Waals surface area contributed by atoms with E-state index < -0.39 is 12.1 Å². The van der Waals surface area contributed by atoms with Crippen LogP contribution in [0.25, 0.3) is 10.8 Å². The first-order valence-electron chi connectivity index (χ1n) is 9.17. The molecule has 0 radical (unpaired) electrons. The number of hydrogen-bond donors (Lipinski definition) is 3. The summed E-state index contributed by atoms with van der Waals surface area (Å²) in [5, 5.41) is 15.4. The summed E-state index contributed by atoms with van der Waals surface area (Å²) in [5.74, 6) is 3.78. The molecule has 0 unspecified atom stereocenters. The summed E-state index contributed by atoms with van der Waals surface area (Å²) in [4.78, 5) is 20.6. The lowest BCUT2D eigenvalue weighted by molar-refractivity contribution is -0.192. The van der Waals surface area contributed by atoms with Crippen LogP contribution in [-0.2, 0) is 16.0 Å². The number of amides is 1. The molecule has 0 atom stereocenters. The van der Waals surface area contributed by atoms with Crippen molar-refractivity contribution in [2.45, 2.75) is 12.6 Å². The number of rotatable bonds is 5. The van der Waals surface area contributed by atoms with Crippen molar-refractivity contribution >= 4 is 28.9 Å². The third-order valence-corrected chi connectivity index (χ3v) is 4.13. The number of para-hydroxylation sites is 1. The van der Waals surface area contributed by atoms with Crippen LogP contribution in [0.2, 0.25) is 0 Å². The second-order valence-electron chi connectivity index (χ2n) is 6.41. The highest BCUT2D eigenvalue weighted by Gasteiger charge is 2.38. The van der Waals surface area contributed by atoms with E-state index in [1.165, 1.54) is 0 Å². The van der Waals surface area contributed by atoms with Crippen molar-refractivity contribution in [1.29, 1.82) is 0 Å². The van der Waals surface area contributed by atoms with Crippen molar-refractivity contribution in [3.8, 4) is 11.5 Å². The maximum atomic E-state index is 11.7. The second kappa shape index (κ2) is 10.8. The van der Waals surface area contributed by atoms with Crippen LogP contribution in [0.3, 0.4) is 0 Å². The molecule has 0 fully saturated rings. The van der Waals surface area contributed by atoms with Crippen LogP contribution in [-0.4, -0.2) is 36.4 Å². The number of alkyl halides is 3. The summed E-state index contributed by atoms with van der Waals surface area (Å²) in [7, 11) is 1.62. The fraction of sp³-hybridized carbons (Fsp3) is 0.136. The number of carbonyl (C=O) groups is 2. The van der Waals surface area contributed by atoms with Crippen molar-refractivity contribution in [3.05, 3.63) is 71.8 Å². The monoisotopic (exact) mass is 447 g/mol. The molecule has 0 heterocycles. The molecule has 0 aromatic heterocycles. The zero-order valence-electron chi connectivity index (χ0n) is 16.9. The number of carboxylic acids is 1. The van der Waals surface area contributed by atoms with Gasteiger partial charge in [0.2, 0.25) is 5.91 Å². The molecule has 0 spiro atoms. The fourth-order valence-electron chi connectivity index (χ4n) is 2.61. The van der Waals surface area contributed by atoms with E-state index in [-0.39, 0.29) is 12.3 Å². The molecule has 0 aliphatic heterocycles. The van der Waals surface area contributed by atoms with Crippen molar-refractivity contribution in [1.82, 2.24) is 5.32 Å². The smallest absolute Gasteiger partial charge is 0.475 e. The molecule has 0 bridgehead atoms. The average molecular weight is 447 g/mol. The summed E-state index contributed by atoms with van der Waals surface area (Å²) < 4.78 is 37.8. The molecule has 10 heteroatoms. The lowest BCUT2D eigenvalue weighted by atomic mass is 10.1. The number of hydrazone groups is 1. The minimum Gasteiger partial charge on any atom is -0.475 e. The Kier molecular flexibility index (Phi) is 8.17. The molecule has 1 amide bonds. The third kappa shape index (κ3) is 7.01. The Morgan fingerprint density at radius 1 is 1.09 bits per heavy atom. The summed E-state index contributed by atoms with van der Waals surface area (Å²) >= 11 is 0. The van der Waals surface area contributed by atoms with Gasteiger partial charge in [-0.1, -0.05) is 36.4 Å². The van der Waals surface area contributed by atoms with E-state index in [0.717, 1.165) is 27.6 Å². The third-order valence-electron chi connectivity index (χ3n) is 4.13. The topological polar surface area (TPSA) is 114 Å². The quantitative estimate of drug-likeness (QED) is 0.312. The number of carbonyl (C=O) groups excluding carboxylic acids is 1. The molecule has 4 N–H and O–H groups in total. The maximum Gasteiger partial charge on any atom is 0.490 e. The van der Waals surface area contributed by atoms with E-state index in [9.17, 15) is 18.0 Å². The number of halogens is 3. The van der Waals surface area contributed by atoms with Crippen molar-refractivity contribution in [3.63, 3.8) is 0 Å². The van der Waals surface area contributed by atoms with Gasteiger partial charge in [-0.2, -0.15) is 18.3 Å². The van der Waals surface area contributed by atoms with Gasteiger partial charge in [-0.3, -0.25) is 4.79 Å². The Labute approximate surface area is 181 Å². The number of nitrogens with zero attached hydrogens (tertiary/aromatic N) is 1. The molecule has 0 saturated carbocycles. The molecular formula is C22H20F3N3O4. The first-order valence-corrected chi connectivity index (χ1v) is 9.17. The van der Waals surface area contributed by atoms with Crippen LogP contribution in [0.5, 0.6) is 11.5 Å². The number of ether oxygens (including phenoxy) is 1. The van der Waals surface area contributed by atoms with Gasteiger partial charge in [0.1, 0.15) is 11.5 Å². The summed E-state index contributed by atoms with van der Waals surface area (Å²) in [6, 6.07) is 19.4. The van der Waals surface area contributed by atoms with E-state index in [1.807, 2.05) is 60.7 Å². The van der Waals surface area contributed by atoms with Crippen molar-refractivity contribution < 1.29 is 32.6 Å². The number of carboxylic acid groups (broad SMARTS) is 1. The Morgan fingerprint density at radius 3 is 2.34 bits per heavy atom. The standard InChI is InChI=1S/C20H19N3O2.C2HF3O2/c1-22-20(24)12-17-4-2-3-5-19(17)25-18-9-8-15-10-14(13-23-21)6-7-16(15)11-18;3-2(4,5)1(6)7/h2-11,13H,12,21H2,1H3,(H,22,24);(H,6,7).